The maximum Gasteiger partial charge on any atom is 0.276 e. The molecule has 23 heavy (non-hydrogen) atoms. The molecule has 0 radical (unpaired) electrons. The van der Waals surface area contributed by atoms with E-state index in [0.29, 0.717) is 10.7 Å². The predicted octanol–water partition coefficient (Wildman–Crippen LogP) is 3.62. The molecule has 2 heterocycles. The topological polar surface area (TPSA) is 58.1 Å². The molecule has 1 aliphatic rings. The number of para-hydroxylation sites is 1. The van der Waals surface area contributed by atoms with Crippen LogP contribution < -0.4 is 10.2 Å². The number of halogens is 1. The number of anilines is 2. The molecule has 0 spiro atoms. The molecule has 1 N–H and O–H groups in total. The number of aromatic nitrogens is 2. The summed E-state index contributed by atoms with van der Waals surface area (Å²) in [5.41, 5.74) is 0.842. The van der Waals surface area contributed by atoms with Crippen LogP contribution in [0.1, 0.15) is 30.3 Å². The van der Waals surface area contributed by atoms with Gasteiger partial charge in [-0.15, -0.1) is 10.2 Å². The van der Waals surface area contributed by atoms with Crippen molar-refractivity contribution in [1.82, 2.24) is 10.2 Å². The van der Waals surface area contributed by atoms with Crippen molar-refractivity contribution in [3.8, 4) is 0 Å². The summed E-state index contributed by atoms with van der Waals surface area (Å²) in [4.78, 5) is 14.4. The number of hydrogen-bond donors (Lipinski definition) is 1. The zero-order chi connectivity index (χ0) is 16.2. The van der Waals surface area contributed by atoms with E-state index in [1.165, 1.54) is 0 Å². The lowest BCUT2D eigenvalue weighted by molar-refractivity contribution is 0.102. The van der Waals surface area contributed by atoms with Crippen LogP contribution in [0.5, 0.6) is 0 Å². The fourth-order valence-corrected chi connectivity index (χ4v) is 2.78. The summed E-state index contributed by atoms with van der Waals surface area (Å²) in [5, 5.41) is 11.5. The van der Waals surface area contributed by atoms with E-state index in [-0.39, 0.29) is 11.6 Å². The number of hydrogen-bond acceptors (Lipinski definition) is 4. The number of nitrogens with zero attached hydrogens (tertiary/aromatic N) is 3. The summed E-state index contributed by atoms with van der Waals surface area (Å²) in [6.45, 7) is 4.24. The normalized spacial score (nSPS) is 15.5. The van der Waals surface area contributed by atoms with Gasteiger partial charge in [-0.25, -0.2) is 0 Å². The van der Waals surface area contributed by atoms with Crippen LogP contribution in [0, 0.1) is 5.92 Å². The highest BCUT2D eigenvalue weighted by atomic mass is 35.5. The van der Waals surface area contributed by atoms with Gasteiger partial charge in [-0.05, 0) is 43.0 Å². The van der Waals surface area contributed by atoms with Crippen molar-refractivity contribution < 1.29 is 4.79 Å². The molecule has 3 rings (SSSR count). The first-order valence-corrected chi connectivity index (χ1v) is 8.16. The van der Waals surface area contributed by atoms with Crippen molar-refractivity contribution in [2.24, 2.45) is 5.92 Å². The van der Waals surface area contributed by atoms with Crippen molar-refractivity contribution in [2.75, 3.05) is 23.3 Å². The largest absolute Gasteiger partial charge is 0.355 e. The van der Waals surface area contributed by atoms with Crippen molar-refractivity contribution in [2.45, 2.75) is 19.8 Å². The average molecular weight is 331 g/mol. The fourth-order valence-electron chi connectivity index (χ4n) is 2.60. The van der Waals surface area contributed by atoms with Crippen LogP contribution in [0.25, 0.3) is 0 Å². The van der Waals surface area contributed by atoms with E-state index in [0.717, 1.165) is 37.7 Å². The zero-order valence-electron chi connectivity index (χ0n) is 13.0. The number of carbonyl (C=O) groups excluding carboxylic acids is 1. The third kappa shape index (κ3) is 3.79. The first-order chi connectivity index (χ1) is 11.1. The van der Waals surface area contributed by atoms with E-state index in [2.05, 4.69) is 27.3 Å². The molecule has 1 aliphatic heterocycles. The van der Waals surface area contributed by atoms with E-state index in [1.54, 1.807) is 18.2 Å². The minimum Gasteiger partial charge on any atom is -0.355 e. The van der Waals surface area contributed by atoms with E-state index in [4.69, 9.17) is 11.6 Å². The van der Waals surface area contributed by atoms with Gasteiger partial charge in [0.1, 0.15) is 0 Å². The molecule has 120 valence electrons. The molecule has 1 amide bonds. The molecule has 0 saturated carbocycles. The number of carbonyl (C=O) groups is 1. The molecular weight excluding hydrogens is 312 g/mol. The van der Waals surface area contributed by atoms with E-state index >= 15 is 0 Å². The highest BCUT2D eigenvalue weighted by Gasteiger charge is 2.18. The highest BCUT2D eigenvalue weighted by Crippen LogP contribution is 2.22. The van der Waals surface area contributed by atoms with Crippen LogP contribution in [0.4, 0.5) is 11.5 Å². The minimum atomic E-state index is -0.315. The van der Waals surface area contributed by atoms with Gasteiger partial charge in [0, 0.05) is 13.1 Å². The Morgan fingerprint density at radius 1 is 1.17 bits per heavy atom. The molecule has 0 aliphatic carbocycles. The third-order valence-electron chi connectivity index (χ3n) is 4.11. The Morgan fingerprint density at radius 3 is 2.57 bits per heavy atom. The fraction of sp³-hybridized carbons (Fsp3) is 0.353. The van der Waals surface area contributed by atoms with Gasteiger partial charge in [0.05, 0.1) is 10.7 Å². The second kappa shape index (κ2) is 6.96. The number of nitrogens with one attached hydrogen (secondary N) is 1. The molecule has 2 aromatic rings. The van der Waals surface area contributed by atoms with Gasteiger partial charge in [-0.2, -0.15) is 0 Å². The van der Waals surface area contributed by atoms with Crippen LogP contribution in [0.3, 0.4) is 0 Å². The number of piperidine rings is 1. The lowest BCUT2D eigenvalue weighted by Crippen LogP contribution is -2.33. The van der Waals surface area contributed by atoms with Gasteiger partial charge in [0.25, 0.3) is 5.91 Å². The second-order valence-corrected chi connectivity index (χ2v) is 6.29. The van der Waals surface area contributed by atoms with Crippen molar-refractivity contribution >= 4 is 29.0 Å². The first-order valence-electron chi connectivity index (χ1n) is 7.78. The molecule has 0 bridgehead atoms. The summed E-state index contributed by atoms with van der Waals surface area (Å²) >= 11 is 6.04. The van der Waals surface area contributed by atoms with Crippen LogP contribution in [0.2, 0.25) is 5.02 Å². The molecule has 1 aromatic carbocycles. The van der Waals surface area contributed by atoms with Crippen LogP contribution in [-0.4, -0.2) is 29.2 Å². The molecule has 0 unspecified atom stereocenters. The molecule has 1 fully saturated rings. The summed E-state index contributed by atoms with van der Waals surface area (Å²) < 4.78 is 0. The lowest BCUT2D eigenvalue weighted by atomic mass is 9.99. The van der Waals surface area contributed by atoms with Gasteiger partial charge in [0.15, 0.2) is 11.5 Å². The monoisotopic (exact) mass is 330 g/mol. The first kappa shape index (κ1) is 15.7. The lowest BCUT2D eigenvalue weighted by Gasteiger charge is -2.30. The quantitative estimate of drug-likeness (QED) is 0.933. The predicted molar refractivity (Wildman–Crippen MR) is 92.0 cm³/mol. The van der Waals surface area contributed by atoms with Gasteiger partial charge >= 0.3 is 0 Å². The Kier molecular flexibility index (Phi) is 4.76. The van der Waals surface area contributed by atoms with Gasteiger partial charge in [-0.3, -0.25) is 4.79 Å². The molecular formula is C17H19ClN4O. The number of amides is 1. The van der Waals surface area contributed by atoms with E-state index in [1.807, 2.05) is 18.2 Å². The summed E-state index contributed by atoms with van der Waals surface area (Å²) in [6, 6.07) is 10.6. The molecule has 0 atom stereocenters. The molecule has 5 nitrogen and oxygen atoms in total. The van der Waals surface area contributed by atoms with Crippen molar-refractivity contribution in [3.05, 3.63) is 47.1 Å². The van der Waals surface area contributed by atoms with Crippen LogP contribution in [-0.2, 0) is 0 Å². The number of rotatable bonds is 3. The van der Waals surface area contributed by atoms with Gasteiger partial charge < -0.3 is 10.2 Å². The van der Waals surface area contributed by atoms with Crippen LogP contribution >= 0.6 is 11.6 Å². The Hall–Kier alpha value is -2.14. The Morgan fingerprint density at radius 2 is 1.91 bits per heavy atom. The third-order valence-corrected chi connectivity index (χ3v) is 4.44. The maximum absolute atomic E-state index is 12.2. The smallest absolute Gasteiger partial charge is 0.276 e. The van der Waals surface area contributed by atoms with Crippen molar-refractivity contribution in [1.29, 1.82) is 0 Å². The minimum absolute atomic E-state index is 0.277. The Balaban J connectivity index is 1.67. The summed E-state index contributed by atoms with van der Waals surface area (Å²) in [6.07, 6.45) is 2.33. The standard InChI is InChI=1S/C17H19ClN4O/c1-12-8-10-22(11-9-12)16-7-6-15(20-21-16)17(23)19-14-5-3-2-4-13(14)18/h2-7,12H,8-11H2,1H3,(H,19,23). The second-order valence-electron chi connectivity index (χ2n) is 5.88. The van der Waals surface area contributed by atoms with Gasteiger partial charge in [0.2, 0.25) is 0 Å². The highest BCUT2D eigenvalue weighted by molar-refractivity contribution is 6.33. The summed E-state index contributed by atoms with van der Waals surface area (Å²) in [7, 11) is 0. The number of benzene rings is 1. The maximum atomic E-state index is 12.2. The van der Waals surface area contributed by atoms with E-state index < -0.39 is 0 Å². The van der Waals surface area contributed by atoms with E-state index in [9.17, 15) is 4.79 Å². The van der Waals surface area contributed by atoms with Crippen molar-refractivity contribution in [3.63, 3.8) is 0 Å². The molecule has 1 saturated heterocycles. The average Bonchev–Trinajstić information content (AvgIpc) is 2.58. The van der Waals surface area contributed by atoms with Gasteiger partial charge in [-0.1, -0.05) is 30.7 Å². The zero-order valence-corrected chi connectivity index (χ0v) is 13.8. The van der Waals surface area contributed by atoms with Crippen LogP contribution in [0.15, 0.2) is 36.4 Å². The Labute approximate surface area is 140 Å². The molecule has 1 aromatic heterocycles. The molecule has 6 heteroatoms. The Bertz CT molecular complexity index is 681. The summed E-state index contributed by atoms with van der Waals surface area (Å²) in [5.74, 6) is 1.27. The SMILES string of the molecule is CC1CCN(c2ccc(C(=O)Nc3ccccc3Cl)nn2)CC1.